The Kier molecular flexibility index (Phi) is 5.85. The second kappa shape index (κ2) is 8.08. The van der Waals surface area contributed by atoms with Crippen LogP contribution in [0.5, 0.6) is 5.75 Å². The number of benzene rings is 2. The number of thiophene rings is 1. The molecule has 0 unspecified atom stereocenters. The van der Waals surface area contributed by atoms with Crippen molar-refractivity contribution < 1.29 is 4.74 Å². The monoisotopic (exact) mass is 393 g/mol. The number of hydrogen-bond donors (Lipinski definition) is 0. The predicted octanol–water partition coefficient (Wildman–Crippen LogP) is 6.97. The van der Waals surface area contributed by atoms with Crippen LogP contribution in [0.25, 0.3) is 0 Å². The van der Waals surface area contributed by atoms with Crippen molar-refractivity contribution in [3.05, 3.63) is 69.5 Å². The number of hydrogen-bond acceptors (Lipinski definition) is 4. The van der Waals surface area contributed by atoms with Gasteiger partial charge in [-0.25, -0.2) is 0 Å². The molecule has 6 heteroatoms. The van der Waals surface area contributed by atoms with Gasteiger partial charge in [0, 0.05) is 21.0 Å². The third kappa shape index (κ3) is 4.54. The van der Waals surface area contributed by atoms with E-state index >= 15 is 0 Å². The highest BCUT2D eigenvalue weighted by molar-refractivity contribution is 8.01. The van der Waals surface area contributed by atoms with Crippen molar-refractivity contribution >= 4 is 58.2 Å². The molecule has 0 radical (unpaired) electrons. The first-order valence-corrected chi connectivity index (χ1v) is 9.44. The molecule has 1 aromatic heterocycles. The van der Waals surface area contributed by atoms with Crippen LogP contribution >= 0.6 is 46.3 Å². The Hall–Kier alpha value is -1.46. The summed E-state index contributed by atoms with van der Waals surface area (Å²) < 4.78 is 6.34. The number of ether oxygens (including phenoxy) is 1. The summed E-state index contributed by atoms with van der Waals surface area (Å²) in [6.45, 7) is 0. The maximum atomic E-state index is 6.11. The van der Waals surface area contributed by atoms with Crippen molar-refractivity contribution in [2.75, 3.05) is 7.11 Å². The Morgan fingerprint density at radius 2 is 1.83 bits per heavy atom. The highest BCUT2D eigenvalue weighted by Crippen LogP contribution is 2.34. The summed E-state index contributed by atoms with van der Waals surface area (Å²) in [5, 5.41) is 1.30. The molecule has 0 bridgehead atoms. The van der Waals surface area contributed by atoms with Crippen LogP contribution in [0.1, 0.15) is 4.88 Å². The molecular formula is C18H13Cl2NOS2. The van der Waals surface area contributed by atoms with Gasteiger partial charge in [-0.2, -0.15) is 0 Å². The lowest BCUT2D eigenvalue weighted by atomic mass is 10.3. The minimum atomic E-state index is 0.553. The van der Waals surface area contributed by atoms with Crippen molar-refractivity contribution in [2.45, 2.75) is 9.10 Å². The van der Waals surface area contributed by atoms with Crippen molar-refractivity contribution in [2.24, 2.45) is 4.99 Å². The van der Waals surface area contributed by atoms with Gasteiger partial charge >= 0.3 is 0 Å². The van der Waals surface area contributed by atoms with Crippen LogP contribution < -0.4 is 4.74 Å². The van der Waals surface area contributed by atoms with Crippen LogP contribution in [0.3, 0.4) is 0 Å². The molecule has 0 aliphatic carbocycles. The van der Waals surface area contributed by atoms with Crippen LogP contribution in [-0.2, 0) is 0 Å². The van der Waals surface area contributed by atoms with Crippen LogP contribution in [0.4, 0.5) is 5.69 Å². The van der Waals surface area contributed by atoms with Crippen molar-refractivity contribution in [1.29, 1.82) is 0 Å². The molecule has 3 rings (SSSR count). The fourth-order valence-corrected chi connectivity index (χ4v) is 4.32. The Bertz CT molecular complexity index is 860. The number of halogens is 2. The summed E-state index contributed by atoms with van der Waals surface area (Å²) in [4.78, 5) is 6.70. The zero-order valence-electron chi connectivity index (χ0n) is 12.7. The smallest absolute Gasteiger partial charge is 0.137 e. The van der Waals surface area contributed by atoms with Gasteiger partial charge in [-0.3, -0.25) is 4.99 Å². The molecule has 122 valence electrons. The van der Waals surface area contributed by atoms with E-state index < -0.39 is 0 Å². The third-order valence-electron chi connectivity index (χ3n) is 3.11. The molecule has 0 aliphatic heterocycles. The average Bonchev–Trinajstić information content (AvgIpc) is 3.03. The molecule has 0 amide bonds. The zero-order chi connectivity index (χ0) is 16.9. The van der Waals surface area contributed by atoms with Crippen molar-refractivity contribution in [3.63, 3.8) is 0 Å². The number of rotatable bonds is 5. The lowest BCUT2D eigenvalue weighted by molar-refractivity contribution is 0.415. The molecule has 0 saturated heterocycles. The van der Waals surface area contributed by atoms with Gasteiger partial charge in [0.15, 0.2) is 0 Å². The molecule has 0 N–H and O–H groups in total. The van der Waals surface area contributed by atoms with Gasteiger partial charge in [-0.15, -0.1) is 11.3 Å². The summed E-state index contributed by atoms with van der Waals surface area (Å²) in [5.41, 5.74) is 0.793. The van der Waals surface area contributed by atoms with E-state index in [0.717, 1.165) is 20.5 Å². The minimum absolute atomic E-state index is 0.553. The molecule has 0 aliphatic rings. The summed E-state index contributed by atoms with van der Waals surface area (Å²) >= 11 is 15.4. The zero-order valence-corrected chi connectivity index (χ0v) is 15.8. The van der Waals surface area contributed by atoms with Crippen molar-refractivity contribution in [3.8, 4) is 5.75 Å². The van der Waals surface area contributed by atoms with Gasteiger partial charge in [0.25, 0.3) is 0 Å². The Morgan fingerprint density at radius 1 is 1.04 bits per heavy atom. The first-order chi connectivity index (χ1) is 11.6. The lowest BCUT2D eigenvalue weighted by Crippen LogP contribution is -1.82. The molecule has 24 heavy (non-hydrogen) atoms. The maximum absolute atomic E-state index is 6.11. The van der Waals surface area contributed by atoms with E-state index in [1.165, 1.54) is 4.21 Å². The fourth-order valence-electron chi connectivity index (χ4n) is 1.95. The van der Waals surface area contributed by atoms with E-state index in [9.17, 15) is 0 Å². The lowest BCUT2D eigenvalue weighted by Gasteiger charge is -2.02. The number of aliphatic imine (C=N–C) groups is 1. The molecule has 1 heterocycles. The summed E-state index contributed by atoms with van der Waals surface area (Å²) in [5.74, 6) is 0.647. The third-order valence-corrected chi connectivity index (χ3v) is 5.82. The van der Waals surface area contributed by atoms with Gasteiger partial charge in [0.2, 0.25) is 0 Å². The fraction of sp³-hybridized carbons (Fsp3) is 0.0556. The second-order valence-corrected chi connectivity index (χ2v) is 8.12. The normalized spacial score (nSPS) is 11.1. The Morgan fingerprint density at radius 3 is 2.54 bits per heavy atom. The number of nitrogens with zero attached hydrogens (tertiary/aromatic N) is 1. The maximum Gasteiger partial charge on any atom is 0.137 e. The van der Waals surface area contributed by atoms with Crippen LogP contribution in [-0.4, -0.2) is 13.3 Å². The Labute approximate surface area is 159 Å². The molecule has 0 saturated carbocycles. The van der Waals surface area contributed by atoms with Crippen LogP contribution in [0, 0.1) is 0 Å². The topological polar surface area (TPSA) is 21.6 Å². The molecule has 2 aromatic carbocycles. The first-order valence-electron chi connectivity index (χ1n) is 7.05. The van der Waals surface area contributed by atoms with Gasteiger partial charge < -0.3 is 4.74 Å². The van der Waals surface area contributed by atoms with E-state index in [1.54, 1.807) is 36.3 Å². The highest BCUT2D eigenvalue weighted by atomic mass is 35.5. The summed E-state index contributed by atoms with van der Waals surface area (Å²) in [6.07, 6.45) is 1.84. The van der Waals surface area contributed by atoms with E-state index in [2.05, 4.69) is 17.1 Å². The van der Waals surface area contributed by atoms with Gasteiger partial charge in [0.05, 0.1) is 22.0 Å². The standard InChI is InChI=1S/C18H13Cl2NOS2/c1-22-17-8-4-13(10-16(17)20)21-11-15-7-9-18(24-15)23-14-5-2-12(19)3-6-14/h2-11H,1H3. The first kappa shape index (κ1) is 17.4. The van der Waals surface area contributed by atoms with E-state index in [0.29, 0.717) is 10.8 Å². The van der Waals surface area contributed by atoms with Gasteiger partial charge in [0.1, 0.15) is 5.75 Å². The number of methoxy groups -OCH3 is 1. The summed E-state index contributed by atoms with van der Waals surface area (Å²) in [6, 6.07) is 17.4. The molecular weight excluding hydrogens is 381 g/mol. The molecule has 3 aromatic rings. The average molecular weight is 394 g/mol. The quantitative estimate of drug-likeness (QED) is 0.436. The van der Waals surface area contributed by atoms with Gasteiger partial charge in [-0.1, -0.05) is 35.0 Å². The molecule has 0 atom stereocenters. The van der Waals surface area contributed by atoms with Crippen LogP contribution in [0.15, 0.2) is 68.7 Å². The van der Waals surface area contributed by atoms with Crippen LogP contribution in [0.2, 0.25) is 10.0 Å². The van der Waals surface area contributed by atoms with E-state index in [-0.39, 0.29) is 0 Å². The minimum Gasteiger partial charge on any atom is -0.495 e. The molecule has 0 spiro atoms. The van der Waals surface area contributed by atoms with E-state index in [1.807, 2.05) is 42.6 Å². The van der Waals surface area contributed by atoms with Crippen molar-refractivity contribution in [1.82, 2.24) is 0 Å². The molecule has 0 fully saturated rings. The Balaban J connectivity index is 1.69. The SMILES string of the molecule is COc1ccc(N=Cc2ccc(Sc3ccc(Cl)cc3)s2)cc1Cl. The molecule has 2 nitrogen and oxygen atoms in total. The van der Waals surface area contributed by atoms with E-state index in [4.69, 9.17) is 27.9 Å². The summed E-state index contributed by atoms with van der Waals surface area (Å²) in [7, 11) is 1.59. The second-order valence-electron chi connectivity index (χ2n) is 4.79. The predicted molar refractivity (Wildman–Crippen MR) is 105 cm³/mol. The van der Waals surface area contributed by atoms with Gasteiger partial charge in [-0.05, 0) is 54.6 Å². The highest BCUT2D eigenvalue weighted by Gasteiger charge is 2.03. The largest absolute Gasteiger partial charge is 0.495 e.